The Kier molecular flexibility index (Phi) is 15.6. The second-order valence-electron chi connectivity index (χ2n) is 11.7. The molecule has 3 N–H and O–H groups in total. The van der Waals surface area contributed by atoms with Crippen molar-refractivity contribution in [3.8, 4) is 0 Å². The number of aromatic amines is 1. The van der Waals surface area contributed by atoms with Crippen molar-refractivity contribution >= 4 is 41.2 Å². The fourth-order valence-electron chi connectivity index (χ4n) is 4.32. The highest BCUT2D eigenvalue weighted by Gasteiger charge is 2.27. The molecule has 2 heterocycles. The fourth-order valence-corrected chi connectivity index (χ4v) is 4.32. The highest BCUT2D eigenvalue weighted by atomic mass is 16.6. The Morgan fingerprint density at radius 3 is 2.42 bits per heavy atom. The van der Waals surface area contributed by atoms with Crippen LogP contribution in [-0.2, 0) is 51.2 Å². The molecule has 3 rings (SSSR count). The van der Waals surface area contributed by atoms with Crippen LogP contribution in [0.5, 0.6) is 0 Å². The molecular weight excluding hydrogens is 658 g/mol. The van der Waals surface area contributed by atoms with Crippen molar-refractivity contribution in [2.24, 2.45) is 0 Å². The monoisotopic (exact) mass is 703 g/mol. The largest absolute Gasteiger partial charge is 0.465 e. The second-order valence-corrected chi connectivity index (χ2v) is 11.7. The van der Waals surface area contributed by atoms with E-state index in [1.807, 2.05) is 6.07 Å². The number of alkyl carbamates (subject to hydrolysis) is 1. The minimum Gasteiger partial charge on any atom is -0.465 e. The minimum absolute atomic E-state index is 0.0150. The molecule has 0 radical (unpaired) electrons. The summed E-state index contributed by atoms with van der Waals surface area (Å²) in [5.74, 6) is -1.52. The van der Waals surface area contributed by atoms with Crippen molar-refractivity contribution in [3.05, 3.63) is 52.6 Å². The first-order valence-electron chi connectivity index (χ1n) is 15.9. The second kappa shape index (κ2) is 19.8. The molecule has 1 aromatic carbocycles. The molecule has 3 amide bonds. The third-order valence-corrected chi connectivity index (χ3v) is 6.48. The molecule has 0 spiro atoms. The number of nitrogens with zero attached hydrogens (tertiary/aromatic N) is 4. The van der Waals surface area contributed by atoms with E-state index in [2.05, 4.69) is 25.6 Å². The molecule has 0 aliphatic carbocycles. The lowest BCUT2D eigenvalue weighted by molar-refractivity contribution is -0.149. The van der Waals surface area contributed by atoms with Gasteiger partial charge in [-0.15, -0.1) is 0 Å². The number of H-pyrrole nitrogens is 1. The maximum atomic E-state index is 13.7. The van der Waals surface area contributed by atoms with Crippen LogP contribution in [0.3, 0.4) is 0 Å². The Morgan fingerprint density at radius 1 is 1.00 bits per heavy atom. The Balaban J connectivity index is 1.77. The maximum absolute atomic E-state index is 13.7. The average Bonchev–Trinajstić information content (AvgIpc) is 3.45. The molecule has 18 nitrogen and oxygen atoms in total. The summed E-state index contributed by atoms with van der Waals surface area (Å²) < 4.78 is 33.0. The van der Waals surface area contributed by atoms with Gasteiger partial charge in [-0.05, 0) is 33.3 Å². The first-order valence-corrected chi connectivity index (χ1v) is 15.9. The van der Waals surface area contributed by atoms with E-state index in [4.69, 9.17) is 28.4 Å². The van der Waals surface area contributed by atoms with Crippen molar-refractivity contribution in [3.63, 3.8) is 0 Å². The zero-order chi connectivity index (χ0) is 36.5. The zero-order valence-electron chi connectivity index (χ0n) is 28.9. The molecule has 0 bridgehead atoms. The van der Waals surface area contributed by atoms with Gasteiger partial charge in [-0.25, -0.2) is 14.6 Å². The molecule has 0 saturated heterocycles. The molecule has 2 aromatic heterocycles. The van der Waals surface area contributed by atoms with Crippen LogP contribution in [0.25, 0.3) is 11.2 Å². The van der Waals surface area contributed by atoms with E-state index >= 15 is 0 Å². The van der Waals surface area contributed by atoms with Crippen LogP contribution in [-0.4, -0.2) is 120 Å². The van der Waals surface area contributed by atoms with Crippen molar-refractivity contribution < 1.29 is 47.6 Å². The molecule has 1 atom stereocenters. The predicted octanol–water partition coefficient (Wildman–Crippen LogP) is 1.83. The predicted molar refractivity (Wildman–Crippen MR) is 178 cm³/mol. The number of anilines is 1. The van der Waals surface area contributed by atoms with Crippen molar-refractivity contribution in [2.75, 3.05) is 65.2 Å². The molecule has 0 saturated carbocycles. The normalized spacial score (nSPS) is 11.9. The fraction of sp³-hybridized carbons (Fsp3) is 0.531. The number of hydrogen-bond acceptors (Lipinski definition) is 13. The van der Waals surface area contributed by atoms with E-state index in [0.717, 1.165) is 5.56 Å². The topological polar surface area (TPSA) is 215 Å². The lowest BCUT2D eigenvalue weighted by Crippen LogP contribution is -2.51. The van der Waals surface area contributed by atoms with Gasteiger partial charge < -0.3 is 43.2 Å². The van der Waals surface area contributed by atoms with Gasteiger partial charge in [0.15, 0.2) is 11.2 Å². The number of fused-ring (bicyclic) bond motifs is 1. The van der Waals surface area contributed by atoms with E-state index < -0.39 is 54.4 Å². The van der Waals surface area contributed by atoms with E-state index in [1.165, 1.54) is 15.8 Å². The Morgan fingerprint density at radius 2 is 1.72 bits per heavy atom. The standard InChI is InChI=1S/C32H45N7O11/c1-6-48-25(41)18-38(16-23(34-31(44)50-32(2,3)4)20-47-15-14-46-13-12-45-5)24(40)17-39-21-33-26-27(39)35-29(36-28(26)42)37-30(43)49-19-22-10-8-7-9-11-22/h7-11,21,23H,6,12-20H2,1-5H3,(H,34,44)(H2,35,36,37,42,43)/t23-/m1/s1. The van der Waals surface area contributed by atoms with Gasteiger partial charge in [0.25, 0.3) is 5.56 Å². The highest BCUT2D eigenvalue weighted by Crippen LogP contribution is 2.11. The number of esters is 1. The van der Waals surface area contributed by atoms with E-state index in [9.17, 15) is 24.0 Å². The summed E-state index contributed by atoms with van der Waals surface area (Å²) in [6, 6.07) is 8.17. The first-order chi connectivity index (χ1) is 23.9. The van der Waals surface area contributed by atoms with E-state index in [-0.39, 0.29) is 56.7 Å². The first kappa shape index (κ1) is 39.4. The van der Waals surface area contributed by atoms with Crippen LogP contribution < -0.4 is 16.2 Å². The molecule has 18 heteroatoms. The van der Waals surface area contributed by atoms with Gasteiger partial charge in [-0.1, -0.05) is 30.3 Å². The minimum atomic E-state index is -0.869. The summed E-state index contributed by atoms with van der Waals surface area (Å²) in [6.07, 6.45) is -0.391. The van der Waals surface area contributed by atoms with Crippen LogP contribution >= 0.6 is 0 Å². The third-order valence-electron chi connectivity index (χ3n) is 6.48. The number of benzene rings is 1. The smallest absolute Gasteiger partial charge is 0.414 e. The van der Waals surface area contributed by atoms with Gasteiger partial charge in [0.1, 0.15) is 25.3 Å². The number of aromatic nitrogens is 4. The van der Waals surface area contributed by atoms with Crippen molar-refractivity contribution in [1.82, 2.24) is 29.7 Å². The lowest BCUT2D eigenvalue weighted by Gasteiger charge is -2.29. The summed E-state index contributed by atoms with van der Waals surface area (Å²) in [7, 11) is 1.56. The number of carbonyl (C=O) groups is 4. The Labute approximate surface area is 288 Å². The third kappa shape index (κ3) is 13.8. The van der Waals surface area contributed by atoms with Gasteiger partial charge in [-0.3, -0.25) is 24.7 Å². The van der Waals surface area contributed by atoms with Crippen LogP contribution in [0.15, 0.2) is 41.5 Å². The summed E-state index contributed by atoms with van der Waals surface area (Å²) >= 11 is 0. The maximum Gasteiger partial charge on any atom is 0.414 e. The molecule has 50 heavy (non-hydrogen) atoms. The number of hydrogen-bond donors (Lipinski definition) is 3. The van der Waals surface area contributed by atoms with Gasteiger partial charge >= 0.3 is 18.2 Å². The quantitative estimate of drug-likeness (QED) is 0.0924. The number of carbonyl (C=O) groups excluding carboxylic acids is 4. The SMILES string of the molecule is CCOC(=O)CN(C[C@H](COCCOCCOC)NC(=O)OC(C)(C)C)C(=O)Cn1cnc2c(=O)[nH]c(NC(=O)OCc3ccccc3)nc21. The number of amides is 3. The van der Waals surface area contributed by atoms with Gasteiger partial charge in [0, 0.05) is 13.7 Å². The van der Waals surface area contributed by atoms with Crippen LogP contribution in [0.2, 0.25) is 0 Å². The summed E-state index contributed by atoms with van der Waals surface area (Å²) in [5.41, 5.74) is -0.830. The summed E-state index contributed by atoms with van der Waals surface area (Å²) in [4.78, 5) is 76.1. The van der Waals surface area contributed by atoms with Crippen LogP contribution in [0.4, 0.5) is 15.5 Å². The molecular formula is C32H45N7O11. The van der Waals surface area contributed by atoms with E-state index in [0.29, 0.717) is 13.2 Å². The average molecular weight is 704 g/mol. The molecule has 0 fully saturated rings. The summed E-state index contributed by atoms with van der Waals surface area (Å²) in [6.45, 7) is 6.93. The van der Waals surface area contributed by atoms with Crippen LogP contribution in [0, 0.1) is 0 Å². The molecule has 0 aliphatic heterocycles. The molecule has 0 unspecified atom stereocenters. The van der Waals surface area contributed by atoms with E-state index in [1.54, 1.807) is 59.1 Å². The Bertz CT molecular complexity index is 1610. The lowest BCUT2D eigenvalue weighted by atomic mass is 10.2. The number of imidazole rings is 1. The van der Waals surface area contributed by atoms with Gasteiger partial charge in [0.2, 0.25) is 11.9 Å². The summed E-state index contributed by atoms with van der Waals surface area (Å²) in [5, 5.41) is 5.07. The molecule has 0 aliphatic rings. The van der Waals surface area contributed by atoms with Gasteiger partial charge in [0.05, 0.1) is 52.0 Å². The number of methoxy groups -OCH3 is 1. The van der Waals surface area contributed by atoms with Crippen LogP contribution in [0.1, 0.15) is 33.3 Å². The molecule has 274 valence electrons. The number of rotatable bonds is 19. The number of nitrogens with one attached hydrogen (secondary N) is 3. The van der Waals surface area contributed by atoms with Gasteiger partial charge in [-0.2, -0.15) is 4.98 Å². The van der Waals surface area contributed by atoms with Crippen molar-refractivity contribution in [1.29, 1.82) is 0 Å². The molecule has 3 aromatic rings. The highest BCUT2D eigenvalue weighted by molar-refractivity contribution is 5.85. The Hall–Kier alpha value is -5.07. The number of ether oxygens (including phenoxy) is 6. The zero-order valence-corrected chi connectivity index (χ0v) is 28.9. The van der Waals surface area contributed by atoms with Crippen molar-refractivity contribution in [2.45, 2.75) is 52.5 Å².